The number of amides is 1. The molecule has 1 aromatic carbocycles. The second-order valence-electron chi connectivity index (χ2n) is 8.77. The number of ether oxygens (including phenoxy) is 1. The number of nitrogens with zero attached hydrogens (tertiary/aromatic N) is 5. The fourth-order valence-corrected chi connectivity index (χ4v) is 5.23. The molecule has 4 aromatic rings. The van der Waals surface area contributed by atoms with Crippen molar-refractivity contribution in [1.82, 2.24) is 24.6 Å². The Morgan fingerprint density at radius 3 is 2.83 bits per heavy atom. The van der Waals surface area contributed by atoms with Crippen LogP contribution in [0.3, 0.4) is 0 Å². The number of nitrogens with two attached hydrogens (primary N) is 1. The average molecular weight is 551 g/mol. The van der Waals surface area contributed by atoms with Gasteiger partial charge in [-0.05, 0) is 0 Å². The fourth-order valence-electron chi connectivity index (χ4n) is 4.40. The SMILES string of the molecule is COCCN1CCc2cc(Nc3cc4cc(-c5cncc(N)c5C)c(F)c([AsH2])c4cn3)nn2CC1=O. The van der Waals surface area contributed by atoms with E-state index in [0.717, 1.165) is 22.0 Å². The van der Waals surface area contributed by atoms with E-state index >= 15 is 4.39 Å². The predicted octanol–water partition coefficient (Wildman–Crippen LogP) is 1.56. The van der Waals surface area contributed by atoms with Gasteiger partial charge in [0.15, 0.2) is 0 Å². The second kappa shape index (κ2) is 9.87. The fraction of sp³-hybridized carbons (Fsp3) is 0.280. The van der Waals surface area contributed by atoms with Crippen LogP contribution < -0.4 is 15.4 Å². The van der Waals surface area contributed by atoms with E-state index in [-0.39, 0.29) is 18.3 Å². The zero-order chi connectivity index (χ0) is 25.4. The van der Waals surface area contributed by atoms with Crippen molar-refractivity contribution in [3.8, 4) is 11.1 Å². The molecule has 1 aliphatic heterocycles. The van der Waals surface area contributed by atoms with Crippen LogP contribution in [0.25, 0.3) is 21.9 Å². The van der Waals surface area contributed by atoms with Crippen LogP contribution in [0.5, 0.6) is 0 Å². The number of rotatable bonds is 6. The Bertz CT molecular complexity index is 1470. The zero-order valence-corrected chi connectivity index (χ0v) is 22.5. The third-order valence-corrected chi connectivity index (χ3v) is 7.69. The molecule has 0 radical (unpaired) electrons. The minimum absolute atomic E-state index is 0.0162. The summed E-state index contributed by atoms with van der Waals surface area (Å²) in [5.41, 5.74) is 9.43. The number of carbonyl (C=O) groups is 1. The molecule has 3 N–H and O–H groups in total. The van der Waals surface area contributed by atoms with Crippen LogP contribution >= 0.6 is 0 Å². The Morgan fingerprint density at radius 2 is 2.03 bits per heavy atom. The summed E-state index contributed by atoms with van der Waals surface area (Å²) in [6, 6.07) is 5.61. The Hall–Kier alpha value is -3.49. The van der Waals surface area contributed by atoms with E-state index in [0.29, 0.717) is 58.9 Å². The summed E-state index contributed by atoms with van der Waals surface area (Å²) in [5.74, 6) is 0.912. The number of nitrogens with one attached hydrogen (secondary N) is 1. The first-order chi connectivity index (χ1) is 17.4. The third kappa shape index (κ3) is 4.54. The molecule has 11 heteroatoms. The zero-order valence-electron chi connectivity index (χ0n) is 20.1. The summed E-state index contributed by atoms with van der Waals surface area (Å²) in [4.78, 5) is 23.0. The molecule has 0 fully saturated rings. The second-order valence-corrected chi connectivity index (χ2v) is 9.98. The Balaban J connectivity index is 1.43. The van der Waals surface area contributed by atoms with Crippen molar-refractivity contribution in [3.63, 3.8) is 0 Å². The monoisotopic (exact) mass is 551 g/mol. The van der Waals surface area contributed by atoms with Gasteiger partial charge in [0, 0.05) is 13.7 Å². The number of fused-ring (bicyclic) bond motifs is 2. The van der Waals surface area contributed by atoms with Gasteiger partial charge in [-0.1, -0.05) is 0 Å². The van der Waals surface area contributed by atoms with E-state index in [1.54, 1.807) is 41.3 Å². The molecular weight excluding hydrogens is 524 g/mol. The van der Waals surface area contributed by atoms with Gasteiger partial charge < -0.3 is 4.74 Å². The number of pyridine rings is 2. The van der Waals surface area contributed by atoms with Crippen LogP contribution in [0, 0.1) is 12.7 Å². The van der Waals surface area contributed by atoms with Crippen LogP contribution in [-0.4, -0.2) is 74.2 Å². The van der Waals surface area contributed by atoms with Crippen molar-refractivity contribution in [2.24, 2.45) is 0 Å². The van der Waals surface area contributed by atoms with Gasteiger partial charge in [0.25, 0.3) is 0 Å². The topological polar surface area (TPSA) is 111 Å². The summed E-state index contributed by atoms with van der Waals surface area (Å²) in [6.45, 7) is 3.74. The van der Waals surface area contributed by atoms with E-state index in [9.17, 15) is 4.79 Å². The van der Waals surface area contributed by atoms with Gasteiger partial charge in [-0.25, -0.2) is 0 Å². The van der Waals surface area contributed by atoms with Crippen molar-refractivity contribution in [3.05, 3.63) is 53.9 Å². The number of carbonyl (C=O) groups excluding carboxylic acids is 1. The molecule has 4 heterocycles. The molecule has 0 saturated carbocycles. The van der Waals surface area contributed by atoms with Gasteiger partial charge in [0.2, 0.25) is 0 Å². The average Bonchev–Trinajstić information content (AvgIpc) is 3.16. The molecule has 36 heavy (non-hydrogen) atoms. The molecule has 0 aliphatic carbocycles. The normalized spacial score (nSPS) is 13.7. The van der Waals surface area contributed by atoms with E-state index in [4.69, 9.17) is 10.5 Å². The van der Waals surface area contributed by atoms with Gasteiger partial charge in [-0.3, -0.25) is 0 Å². The number of hydrogen-bond acceptors (Lipinski definition) is 7. The molecular formula is C25H27AsFN7O2. The summed E-state index contributed by atoms with van der Waals surface area (Å²) in [7, 11) is 1.63. The van der Waals surface area contributed by atoms with E-state index in [1.165, 1.54) is 16.9 Å². The predicted molar refractivity (Wildman–Crippen MR) is 140 cm³/mol. The van der Waals surface area contributed by atoms with Crippen molar-refractivity contribution < 1.29 is 13.9 Å². The molecule has 5 rings (SSSR count). The van der Waals surface area contributed by atoms with E-state index < -0.39 is 0 Å². The van der Waals surface area contributed by atoms with Gasteiger partial charge in [-0.2, -0.15) is 0 Å². The van der Waals surface area contributed by atoms with Gasteiger partial charge in [0.05, 0.1) is 6.61 Å². The standard InChI is InChI=1S/C25H27AsFN7O2/c1-14-18(10-29-12-20(14)28)17-7-15-8-21(30-11-19(15)24(26)25(17)27)31-22-9-16-3-4-33(5-6-36-2)23(35)13-34(16)32-22/h7-12H,3-6,13,26,28H2,1-2H3,(H,30,31,32). The third-order valence-electron chi connectivity index (χ3n) is 6.50. The molecule has 1 unspecified atom stereocenters. The first-order valence-electron chi connectivity index (χ1n) is 11.5. The first kappa shape index (κ1) is 24.2. The van der Waals surface area contributed by atoms with Crippen LogP contribution in [0.1, 0.15) is 11.3 Å². The van der Waals surface area contributed by atoms with Gasteiger partial charge in [-0.15, -0.1) is 0 Å². The number of benzene rings is 1. The van der Waals surface area contributed by atoms with Crippen molar-refractivity contribution in [2.75, 3.05) is 37.9 Å². The molecule has 0 bridgehead atoms. The Kier molecular flexibility index (Phi) is 6.64. The number of hydrogen-bond donors (Lipinski definition) is 2. The molecule has 186 valence electrons. The number of aromatic nitrogens is 4. The van der Waals surface area contributed by atoms with Crippen LogP contribution in [0.2, 0.25) is 0 Å². The molecule has 0 spiro atoms. The van der Waals surface area contributed by atoms with Crippen LogP contribution in [-0.2, 0) is 22.5 Å². The molecule has 1 aliphatic rings. The number of anilines is 3. The Morgan fingerprint density at radius 1 is 1.19 bits per heavy atom. The summed E-state index contributed by atoms with van der Waals surface area (Å²) < 4.78 is 22.7. The van der Waals surface area contributed by atoms with E-state index in [2.05, 4.69) is 20.4 Å². The molecule has 0 saturated heterocycles. The molecule has 9 nitrogen and oxygen atoms in total. The van der Waals surface area contributed by atoms with Crippen molar-refractivity contribution in [1.29, 1.82) is 0 Å². The quantitative estimate of drug-likeness (QED) is 0.350. The summed E-state index contributed by atoms with van der Waals surface area (Å²) >= 11 is 1.19. The van der Waals surface area contributed by atoms with Gasteiger partial charge >= 0.3 is 192 Å². The maximum absolute atomic E-state index is 15.3. The van der Waals surface area contributed by atoms with Crippen molar-refractivity contribution >= 4 is 55.2 Å². The summed E-state index contributed by atoms with van der Waals surface area (Å²) in [6.07, 6.45) is 5.58. The van der Waals surface area contributed by atoms with E-state index in [1.807, 2.05) is 19.1 Å². The molecule has 3 aromatic heterocycles. The summed E-state index contributed by atoms with van der Waals surface area (Å²) in [5, 5.41) is 9.41. The van der Waals surface area contributed by atoms with Crippen molar-refractivity contribution in [2.45, 2.75) is 19.9 Å². The van der Waals surface area contributed by atoms with Gasteiger partial charge in [0.1, 0.15) is 0 Å². The van der Waals surface area contributed by atoms with Crippen LogP contribution in [0.4, 0.5) is 21.7 Å². The molecule has 1 atom stereocenters. The minimum atomic E-state index is -0.289. The molecule has 1 amide bonds. The first-order valence-corrected chi connectivity index (χ1v) is 12.8. The number of methoxy groups -OCH3 is 1. The van der Waals surface area contributed by atoms with Crippen LogP contribution in [0.15, 0.2) is 36.8 Å². The Labute approximate surface area is 216 Å². The number of nitrogen functional groups attached to an aromatic ring is 1. The number of halogens is 1. The maximum atomic E-state index is 15.3.